The van der Waals surface area contributed by atoms with Gasteiger partial charge in [-0.1, -0.05) is 17.7 Å². The zero-order valence-corrected chi connectivity index (χ0v) is 12.0. The van der Waals surface area contributed by atoms with Gasteiger partial charge >= 0.3 is 0 Å². The van der Waals surface area contributed by atoms with E-state index < -0.39 is 11.0 Å². The molecule has 5 heteroatoms. The number of nitrogens with one attached hydrogen (secondary N) is 1. The molecule has 0 spiro atoms. The highest BCUT2D eigenvalue weighted by atomic mass is 16.6. The Morgan fingerprint density at radius 3 is 2.43 bits per heavy atom. The first-order chi connectivity index (χ1) is 9.97. The lowest BCUT2D eigenvalue weighted by Gasteiger charge is -2.15. The first-order valence-electron chi connectivity index (χ1n) is 6.71. The van der Waals surface area contributed by atoms with Gasteiger partial charge in [0.15, 0.2) is 0 Å². The molecule has 0 fully saturated rings. The number of non-ortho nitro benzene ring substituents is 1. The summed E-state index contributed by atoms with van der Waals surface area (Å²) >= 11 is 0. The van der Waals surface area contributed by atoms with Crippen LogP contribution in [0.2, 0.25) is 0 Å². The average molecular weight is 286 g/mol. The van der Waals surface area contributed by atoms with E-state index in [2.05, 4.69) is 11.4 Å². The summed E-state index contributed by atoms with van der Waals surface area (Å²) in [6.07, 6.45) is -0.716. The molecule has 0 aliphatic carbocycles. The number of aliphatic hydroxyl groups is 1. The third kappa shape index (κ3) is 3.79. The molecular weight excluding hydrogens is 268 g/mol. The Bertz CT molecular complexity index is 638. The third-order valence-corrected chi connectivity index (χ3v) is 3.36. The molecule has 0 aliphatic heterocycles. The first-order valence-corrected chi connectivity index (χ1v) is 6.71. The molecule has 0 saturated carbocycles. The minimum absolute atomic E-state index is 0.0216. The number of nitro groups is 1. The molecule has 110 valence electrons. The smallest absolute Gasteiger partial charge is 0.269 e. The van der Waals surface area contributed by atoms with Gasteiger partial charge < -0.3 is 10.4 Å². The van der Waals surface area contributed by atoms with Crippen LogP contribution in [-0.2, 0) is 0 Å². The quantitative estimate of drug-likeness (QED) is 0.653. The standard InChI is InChI=1S/C16H18N2O3/c1-11-3-8-15(12(2)9-11)17-10-16(19)13-4-6-14(7-5-13)18(20)21/h3-9,16-17,19H,10H2,1-2H3. The van der Waals surface area contributed by atoms with Crippen molar-refractivity contribution in [2.45, 2.75) is 20.0 Å². The maximum absolute atomic E-state index is 10.6. The number of aliphatic hydroxyl groups excluding tert-OH is 1. The van der Waals surface area contributed by atoms with Crippen LogP contribution in [0.25, 0.3) is 0 Å². The summed E-state index contributed by atoms with van der Waals surface area (Å²) in [5, 5.41) is 23.9. The van der Waals surface area contributed by atoms with E-state index in [0.717, 1.165) is 11.3 Å². The van der Waals surface area contributed by atoms with E-state index >= 15 is 0 Å². The van der Waals surface area contributed by atoms with Crippen molar-refractivity contribution in [1.29, 1.82) is 0 Å². The van der Waals surface area contributed by atoms with Crippen LogP contribution >= 0.6 is 0 Å². The van der Waals surface area contributed by atoms with Gasteiger partial charge in [-0.25, -0.2) is 0 Å². The van der Waals surface area contributed by atoms with Crippen LogP contribution in [0.15, 0.2) is 42.5 Å². The van der Waals surface area contributed by atoms with Gasteiger partial charge in [-0.05, 0) is 43.2 Å². The number of hydrogen-bond donors (Lipinski definition) is 2. The zero-order valence-electron chi connectivity index (χ0n) is 12.0. The summed E-state index contributed by atoms with van der Waals surface area (Å²) in [7, 11) is 0. The Balaban J connectivity index is 2.01. The Morgan fingerprint density at radius 2 is 1.86 bits per heavy atom. The Kier molecular flexibility index (Phi) is 4.55. The lowest BCUT2D eigenvalue weighted by atomic mass is 10.1. The molecule has 1 atom stereocenters. The molecule has 0 bridgehead atoms. The number of benzene rings is 2. The second-order valence-corrected chi connectivity index (χ2v) is 5.06. The third-order valence-electron chi connectivity index (χ3n) is 3.36. The molecule has 0 amide bonds. The summed E-state index contributed by atoms with van der Waals surface area (Å²) in [6, 6.07) is 12.0. The first kappa shape index (κ1) is 15.0. The highest BCUT2D eigenvalue weighted by molar-refractivity contribution is 5.52. The maximum Gasteiger partial charge on any atom is 0.269 e. The predicted octanol–water partition coefficient (Wildman–Crippen LogP) is 3.36. The number of rotatable bonds is 5. The summed E-state index contributed by atoms with van der Waals surface area (Å²) in [4.78, 5) is 10.1. The lowest BCUT2D eigenvalue weighted by Crippen LogP contribution is -2.12. The number of anilines is 1. The van der Waals surface area contributed by atoms with Gasteiger partial charge in [0, 0.05) is 24.4 Å². The van der Waals surface area contributed by atoms with Crippen molar-refractivity contribution < 1.29 is 10.0 Å². The normalized spacial score (nSPS) is 12.0. The monoisotopic (exact) mass is 286 g/mol. The minimum atomic E-state index is -0.716. The van der Waals surface area contributed by atoms with E-state index in [4.69, 9.17) is 0 Å². The van der Waals surface area contributed by atoms with Crippen LogP contribution in [0.1, 0.15) is 22.8 Å². The summed E-state index contributed by atoms with van der Waals surface area (Å²) in [6.45, 7) is 4.39. The minimum Gasteiger partial charge on any atom is -0.387 e. The number of hydrogen-bond acceptors (Lipinski definition) is 4. The zero-order chi connectivity index (χ0) is 15.4. The van der Waals surface area contributed by atoms with E-state index in [9.17, 15) is 15.2 Å². The average Bonchev–Trinajstić information content (AvgIpc) is 2.46. The Morgan fingerprint density at radius 1 is 1.19 bits per heavy atom. The molecule has 2 rings (SSSR count). The van der Waals surface area contributed by atoms with E-state index in [1.165, 1.54) is 17.7 Å². The molecule has 0 aliphatic rings. The second-order valence-electron chi connectivity index (χ2n) is 5.06. The molecule has 1 unspecified atom stereocenters. The van der Waals surface area contributed by atoms with Crippen LogP contribution in [0.5, 0.6) is 0 Å². The lowest BCUT2D eigenvalue weighted by molar-refractivity contribution is -0.384. The highest BCUT2D eigenvalue weighted by Crippen LogP contribution is 2.20. The van der Waals surface area contributed by atoms with Crippen molar-refractivity contribution in [3.05, 3.63) is 69.3 Å². The van der Waals surface area contributed by atoms with Gasteiger partial charge in [0.2, 0.25) is 0 Å². The van der Waals surface area contributed by atoms with Gasteiger partial charge in [-0.2, -0.15) is 0 Å². The van der Waals surface area contributed by atoms with Crippen LogP contribution in [0.4, 0.5) is 11.4 Å². The molecule has 0 radical (unpaired) electrons. The van der Waals surface area contributed by atoms with Crippen LogP contribution in [-0.4, -0.2) is 16.6 Å². The van der Waals surface area contributed by atoms with Crippen molar-refractivity contribution in [3.63, 3.8) is 0 Å². The van der Waals surface area contributed by atoms with Gasteiger partial charge in [0.05, 0.1) is 11.0 Å². The number of nitro benzene ring substituents is 1. The van der Waals surface area contributed by atoms with Gasteiger partial charge in [-0.3, -0.25) is 10.1 Å². The molecule has 21 heavy (non-hydrogen) atoms. The summed E-state index contributed by atoms with van der Waals surface area (Å²) in [5.41, 5.74) is 3.95. The number of aryl methyl sites for hydroxylation is 2. The summed E-state index contributed by atoms with van der Waals surface area (Å²) in [5.74, 6) is 0. The molecule has 2 aromatic carbocycles. The van der Waals surface area contributed by atoms with Gasteiger partial charge in [-0.15, -0.1) is 0 Å². The van der Waals surface area contributed by atoms with Crippen molar-refractivity contribution in [1.82, 2.24) is 0 Å². The Hall–Kier alpha value is -2.40. The fourth-order valence-corrected chi connectivity index (χ4v) is 2.15. The van der Waals surface area contributed by atoms with E-state index in [0.29, 0.717) is 12.1 Å². The fourth-order valence-electron chi connectivity index (χ4n) is 2.15. The van der Waals surface area contributed by atoms with Crippen molar-refractivity contribution in [2.75, 3.05) is 11.9 Å². The van der Waals surface area contributed by atoms with Crippen LogP contribution < -0.4 is 5.32 Å². The predicted molar refractivity (Wildman–Crippen MR) is 82.5 cm³/mol. The van der Waals surface area contributed by atoms with E-state index in [-0.39, 0.29) is 5.69 Å². The van der Waals surface area contributed by atoms with Crippen molar-refractivity contribution in [3.8, 4) is 0 Å². The maximum atomic E-state index is 10.6. The van der Waals surface area contributed by atoms with Crippen molar-refractivity contribution in [2.24, 2.45) is 0 Å². The molecule has 0 heterocycles. The van der Waals surface area contributed by atoms with Gasteiger partial charge in [0.1, 0.15) is 0 Å². The molecular formula is C16H18N2O3. The molecule has 2 N–H and O–H groups in total. The molecule has 0 aromatic heterocycles. The van der Waals surface area contributed by atoms with E-state index in [1.54, 1.807) is 12.1 Å². The summed E-state index contributed by atoms with van der Waals surface area (Å²) < 4.78 is 0. The van der Waals surface area contributed by atoms with Crippen LogP contribution in [0.3, 0.4) is 0 Å². The van der Waals surface area contributed by atoms with Crippen LogP contribution in [0, 0.1) is 24.0 Å². The fraction of sp³-hybridized carbons (Fsp3) is 0.250. The molecule has 2 aromatic rings. The second kappa shape index (κ2) is 6.37. The largest absolute Gasteiger partial charge is 0.387 e. The highest BCUT2D eigenvalue weighted by Gasteiger charge is 2.10. The molecule has 5 nitrogen and oxygen atoms in total. The van der Waals surface area contributed by atoms with Crippen molar-refractivity contribution >= 4 is 11.4 Å². The topological polar surface area (TPSA) is 75.4 Å². The Labute approximate surface area is 123 Å². The number of nitrogens with zero attached hydrogens (tertiary/aromatic N) is 1. The van der Waals surface area contributed by atoms with E-state index in [1.807, 2.05) is 26.0 Å². The molecule has 0 saturated heterocycles. The SMILES string of the molecule is Cc1ccc(NCC(O)c2ccc([N+](=O)[O-])cc2)c(C)c1. The van der Waals surface area contributed by atoms with Gasteiger partial charge in [0.25, 0.3) is 5.69 Å².